The molecule has 146 valence electrons. The second-order valence-corrected chi connectivity index (χ2v) is 9.68. The van der Waals surface area contributed by atoms with Crippen LogP contribution in [0.2, 0.25) is 0 Å². The first kappa shape index (κ1) is 17.5. The second kappa shape index (κ2) is 6.23. The Balaban J connectivity index is 1.47. The van der Waals surface area contributed by atoms with E-state index in [-0.39, 0.29) is 16.9 Å². The molecule has 4 saturated carbocycles. The van der Waals surface area contributed by atoms with Crippen molar-refractivity contribution in [3.8, 4) is 5.75 Å². The number of methoxy groups -OCH3 is 1. The predicted molar refractivity (Wildman–Crippen MR) is 104 cm³/mol. The molecule has 1 aliphatic heterocycles. The van der Waals surface area contributed by atoms with Crippen LogP contribution in [0.5, 0.6) is 5.75 Å². The summed E-state index contributed by atoms with van der Waals surface area (Å²) in [5.41, 5.74) is 1.47. The van der Waals surface area contributed by atoms with Crippen molar-refractivity contribution >= 4 is 5.91 Å². The van der Waals surface area contributed by atoms with Crippen LogP contribution in [0.3, 0.4) is 0 Å². The maximum absolute atomic E-state index is 13.7. The number of hydrogen-bond acceptors (Lipinski definition) is 3. The summed E-state index contributed by atoms with van der Waals surface area (Å²) in [6.45, 7) is 4.28. The molecule has 1 heterocycles. The van der Waals surface area contributed by atoms with E-state index in [4.69, 9.17) is 9.47 Å². The minimum absolute atomic E-state index is 0.138. The summed E-state index contributed by atoms with van der Waals surface area (Å²) in [6, 6.07) is 8.68. The number of rotatable bonds is 3. The lowest BCUT2D eigenvalue weighted by molar-refractivity contribution is -0.166. The molecule has 4 nitrogen and oxygen atoms in total. The van der Waals surface area contributed by atoms with Crippen LogP contribution in [0, 0.1) is 17.3 Å². The number of benzene rings is 1. The van der Waals surface area contributed by atoms with Gasteiger partial charge in [-0.2, -0.15) is 0 Å². The minimum Gasteiger partial charge on any atom is -0.497 e. The molecule has 1 aromatic rings. The standard InChI is InChI=1S/C23H31NO3/c1-16-14-24(7-8-27-16)21(25)23-12-17-9-18(13-23)11-22(10-17,15-23)19-3-5-20(26-2)6-4-19/h3-6,16-18H,7-15H2,1-2H3. The highest BCUT2D eigenvalue weighted by Gasteiger charge is 2.61. The van der Waals surface area contributed by atoms with Crippen molar-refractivity contribution in [1.29, 1.82) is 0 Å². The molecule has 5 fully saturated rings. The van der Waals surface area contributed by atoms with Crippen LogP contribution in [0.1, 0.15) is 51.0 Å². The summed E-state index contributed by atoms with van der Waals surface area (Å²) in [6.07, 6.45) is 7.23. The van der Waals surface area contributed by atoms with E-state index >= 15 is 0 Å². The highest BCUT2D eigenvalue weighted by molar-refractivity contribution is 5.84. The van der Waals surface area contributed by atoms with Gasteiger partial charge in [-0.25, -0.2) is 0 Å². The van der Waals surface area contributed by atoms with E-state index in [2.05, 4.69) is 36.1 Å². The minimum atomic E-state index is -0.138. The molecule has 0 N–H and O–H groups in total. The van der Waals surface area contributed by atoms with Gasteiger partial charge in [-0.05, 0) is 80.4 Å². The first-order chi connectivity index (χ1) is 13.0. The zero-order chi connectivity index (χ0) is 18.6. The van der Waals surface area contributed by atoms with Gasteiger partial charge in [0.1, 0.15) is 5.75 Å². The quantitative estimate of drug-likeness (QED) is 0.814. The van der Waals surface area contributed by atoms with Gasteiger partial charge in [-0.15, -0.1) is 0 Å². The summed E-state index contributed by atoms with van der Waals surface area (Å²) in [5.74, 6) is 2.74. The third kappa shape index (κ3) is 2.79. The Morgan fingerprint density at radius 3 is 2.48 bits per heavy atom. The van der Waals surface area contributed by atoms with Crippen LogP contribution in [0.4, 0.5) is 0 Å². The highest BCUT2D eigenvalue weighted by atomic mass is 16.5. The third-order valence-electron chi connectivity index (χ3n) is 7.75. The number of hydrogen-bond donors (Lipinski definition) is 0. The fraction of sp³-hybridized carbons (Fsp3) is 0.696. The summed E-state index contributed by atoms with van der Waals surface area (Å²) < 4.78 is 11.0. The maximum Gasteiger partial charge on any atom is 0.229 e. The van der Waals surface area contributed by atoms with E-state index in [1.807, 2.05) is 0 Å². The van der Waals surface area contributed by atoms with E-state index in [0.29, 0.717) is 24.3 Å². The fourth-order valence-corrected chi connectivity index (χ4v) is 7.13. The van der Waals surface area contributed by atoms with Crippen LogP contribution < -0.4 is 4.74 Å². The van der Waals surface area contributed by atoms with Crippen LogP contribution in [-0.2, 0) is 14.9 Å². The summed E-state index contributed by atoms with van der Waals surface area (Å²) in [7, 11) is 1.72. The van der Waals surface area contributed by atoms with E-state index in [1.54, 1.807) is 7.11 Å². The average Bonchev–Trinajstić information content (AvgIpc) is 2.66. The molecule has 5 aliphatic rings. The van der Waals surface area contributed by atoms with Gasteiger partial charge < -0.3 is 14.4 Å². The van der Waals surface area contributed by atoms with Gasteiger partial charge in [0.15, 0.2) is 0 Å². The van der Waals surface area contributed by atoms with Gasteiger partial charge >= 0.3 is 0 Å². The van der Waals surface area contributed by atoms with Crippen molar-refractivity contribution in [1.82, 2.24) is 4.90 Å². The van der Waals surface area contributed by atoms with Gasteiger partial charge in [0, 0.05) is 13.1 Å². The Morgan fingerprint density at radius 1 is 1.15 bits per heavy atom. The Labute approximate surface area is 162 Å². The van der Waals surface area contributed by atoms with Gasteiger partial charge in [-0.3, -0.25) is 4.79 Å². The van der Waals surface area contributed by atoms with Crippen LogP contribution in [0.25, 0.3) is 0 Å². The smallest absolute Gasteiger partial charge is 0.229 e. The first-order valence-corrected chi connectivity index (χ1v) is 10.6. The number of carbonyl (C=O) groups is 1. The first-order valence-electron chi connectivity index (χ1n) is 10.6. The monoisotopic (exact) mass is 369 g/mol. The predicted octanol–water partition coefficient (Wildman–Crippen LogP) is 3.78. The normalized spacial score (nSPS) is 40.2. The largest absolute Gasteiger partial charge is 0.497 e. The fourth-order valence-electron chi connectivity index (χ4n) is 7.13. The van der Waals surface area contributed by atoms with Crippen molar-refractivity contribution in [3.05, 3.63) is 29.8 Å². The zero-order valence-corrected chi connectivity index (χ0v) is 16.6. The lowest BCUT2D eigenvalue weighted by Crippen LogP contribution is -2.61. The molecule has 0 radical (unpaired) electrons. The van der Waals surface area contributed by atoms with Crippen LogP contribution in [0.15, 0.2) is 24.3 Å². The molecule has 0 spiro atoms. The number of amides is 1. The maximum atomic E-state index is 13.7. The van der Waals surface area contributed by atoms with Crippen molar-refractivity contribution in [3.63, 3.8) is 0 Å². The molecule has 4 bridgehead atoms. The molecule has 1 aromatic carbocycles. The van der Waals surface area contributed by atoms with E-state index in [0.717, 1.165) is 38.1 Å². The summed E-state index contributed by atoms with van der Waals surface area (Å²) in [4.78, 5) is 15.8. The van der Waals surface area contributed by atoms with Crippen LogP contribution in [-0.4, -0.2) is 43.7 Å². The number of morpholine rings is 1. The van der Waals surface area contributed by atoms with Crippen molar-refractivity contribution in [2.45, 2.75) is 57.0 Å². The number of ether oxygens (including phenoxy) is 2. The summed E-state index contributed by atoms with van der Waals surface area (Å²) >= 11 is 0. The van der Waals surface area contributed by atoms with E-state index < -0.39 is 0 Å². The third-order valence-corrected chi connectivity index (χ3v) is 7.75. The second-order valence-electron chi connectivity index (χ2n) is 9.68. The Bertz CT molecular complexity index is 714. The molecular weight excluding hydrogens is 338 g/mol. The zero-order valence-electron chi connectivity index (χ0n) is 16.6. The van der Waals surface area contributed by atoms with Crippen molar-refractivity contribution in [2.75, 3.05) is 26.8 Å². The topological polar surface area (TPSA) is 38.8 Å². The lowest BCUT2D eigenvalue weighted by Gasteiger charge is -2.62. The molecular formula is C23H31NO3. The van der Waals surface area contributed by atoms with Gasteiger partial charge in [0.2, 0.25) is 5.91 Å². The Kier molecular flexibility index (Phi) is 4.05. The van der Waals surface area contributed by atoms with Crippen molar-refractivity contribution < 1.29 is 14.3 Å². The van der Waals surface area contributed by atoms with E-state index in [1.165, 1.54) is 24.8 Å². The Hall–Kier alpha value is -1.55. The van der Waals surface area contributed by atoms with Gasteiger partial charge in [0.25, 0.3) is 0 Å². The van der Waals surface area contributed by atoms with Gasteiger partial charge in [-0.1, -0.05) is 12.1 Å². The van der Waals surface area contributed by atoms with Crippen LogP contribution >= 0.6 is 0 Å². The summed E-state index contributed by atoms with van der Waals surface area (Å²) in [5, 5.41) is 0. The molecule has 6 rings (SSSR count). The molecule has 27 heavy (non-hydrogen) atoms. The molecule has 3 atom stereocenters. The SMILES string of the molecule is COc1ccc(C23CC4CC(CC(C(=O)N5CCOC(C)C5)(C4)C2)C3)cc1. The van der Waals surface area contributed by atoms with Gasteiger partial charge in [0.05, 0.1) is 25.2 Å². The molecule has 1 amide bonds. The number of nitrogens with zero attached hydrogens (tertiary/aromatic N) is 1. The molecule has 1 saturated heterocycles. The molecule has 4 aliphatic carbocycles. The highest BCUT2D eigenvalue weighted by Crippen LogP contribution is 2.66. The van der Waals surface area contributed by atoms with Crippen molar-refractivity contribution in [2.24, 2.45) is 17.3 Å². The molecule has 4 heteroatoms. The van der Waals surface area contributed by atoms with E-state index in [9.17, 15) is 4.79 Å². The lowest BCUT2D eigenvalue weighted by atomic mass is 9.42. The average molecular weight is 370 g/mol. The molecule has 0 aromatic heterocycles. The molecule has 3 unspecified atom stereocenters. The Morgan fingerprint density at radius 2 is 1.85 bits per heavy atom. The number of carbonyl (C=O) groups excluding carboxylic acids is 1.